The first-order valence-corrected chi connectivity index (χ1v) is 5.89. The van der Waals surface area contributed by atoms with E-state index in [2.05, 4.69) is 13.8 Å². The van der Waals surface area contributed by atoms with Crippen LogP contribution in [0, 0.1) is 5.92 Å². The van der Waals surface area contributed by atoms with E-state index in [4.69, 9.17) is 16.3 Å². The summed E-state index contributed by atoms with van der Waals surface area (Å²) in [5, 5.41) is 0.348. The number of ether oxygens (including phenoxy) is 1. The van der Waals surface area contributed by atoms with Crippen LogP contribution in [-0.4, -0.2) is 18.1 Å². The summed E-state index contributed by atoms with van der Waals surface area (Å²) >= 11 is 6.29. The van der Waals surface area contributed by atoms with E-state index in [0.29, 0.717) is 17.4 Å². The molecular weight excluding hydrogens is 184 g/mol. The Morgan fingerprint density at radius 3 is 2.62 bits per heavy atom. The van der Waals surface area contributed by atoms with Crippen molar-refractivity contribution in [2.45, 2.75) is 57.4 Å². The van der Waals surface area contributed by atoms with E-state index < -0.39 is 0 Å². The zero-order valence-electron chi connectivity index (χ0n) is 8.76. The van der Waals surface area contributed by atoms with Crippen molar-refractivity contribution < 1.29 is 4.74 Å². The highest BCUT2D eigenvalue weighted by Crippen LogP contribution is 2.27. The van der Waals surface area contributed by atoms with Gasteiger partial charge in [-0.1, -0.05) is 19.3 Å². The SMILES string of the molecule is CC(C)OCC1CCCCCC1Cl. The lowest BCUT2D eigenvalue weighted by atomic mass is 10.0. The predicted molar refractivity (Wildman–Crippen MR) is 57.3 cm³/mol. The highest BCUT2D eigenvalue weighted by Gasteiger charge is 2.21. The first-order chi connectivity index (χ1) is 6.20. The summed E-state index contributed by atoms with van der Waals surface area (Å²) in [7, 11) is 0. The van der Waals surface area contributed by atoms with Crippen LogP contribution in [0.4, 0.5) is 0 Å². The summed E-state index contributed by atoms with van der Waals surface area (Å²) < 4.78 is 5.62. The highest BCUT2D eigenvalue weighted by atomic mass is 35.5. The average molecular weight is 205 g/mol. The topological polar surface area (TPSA) is 9.23 Å². The van der Waals surface area contributed by atoms with Crippen LogP contribution < -0.4 is 0 Å². The van der Waals surface area contributed by atoms with Gasteiger partial charge in [-0.3, -0.25) is 0 Å². The maximum atomic E-state index is 6.29. The van der Waals surface area contributed by atoms with Crippen molar-refractivity contribution in [3.63, 3.8) is 0 Å². The third-order valence-corrected chi connectivity index (χ3v) is 3.28. The van der Waals surface area contributed by atoms with Gasteiger partial charge >= 0.3 is 0 Å². The van der Waals surface area contributed by atoms with E-state index >= 15 is 0 Å². The molecule has 2 unspecified atom stereocenters. The van der Waals surface area contributed by atoms with Crippen molar-refractivity contribution in [3.05, 3.63) is 0 Å². The van der Waals surface area contributed by atoms with E-state index in [1.807, 2.05) is 0 Å². The molecule has 1 fully saturated rings. The van der Waals surface area contributed by atoms with Gasteiger partial charge in [0.25, 0.3) is 0 Å². The monoisotopic (exact) mass is 204 g/mol. The molecule has 0 radical (unpaired) electrons. The van der Waals surface area contributed by atoms with Gasteiger partial charge in [-0.05, 0) is 32.6 Å². The lowest BCUT2D eigenvalue weighted by Gasteiger charge is -2.20. The Morgan fingerprint density at radius 1 is 1.23 bits per heavy atom. The molecule has 0 bridgehead atoms. The number of alkyl halides is 1. The van der Waals surface area contributed by atoms with Crippen LogP contribution in [0.5, 0.6) is 0 Å². The second kappa shape index (κ2) is 5.87. The maximum Gasteiger partial charge on any atom is 0.0519 e. The second-order valence-electron chi connectivity index (χ2n) is 4.30. The largest absolute Gasteiger partial charge is 0.378 e. The van der Waals surface area contributed by atoms with Gasteiger partial charge in [0, 0.05) is 5.38 Å². The van der Waals surface area contributed by atoms with E-state index in [-0.39, 0.29) is 0 Å². The van der Waals surface area contributed by atoms with Crippen LogP contribution in [-0.2, 0) is 4.74 Å². The maximum absolute atomic E-state index is 6.29. The fourth-order valence-corrected chi connectivity index (χ4v) is 2.20. The molecule has 0 aromatic rings. The molecule has 0 spiro atoms. The van der Waals surface area contributed by atoms with E-state index in [0.717, 1.165) is 6.61 Å². The Bertz CT molecular complexity index is 136. The summed E-state index contributed by atoms with van der Waals surface area (Å²) in [5.74, 6) is 0.589. The smallest absolute Gasteiger partial charge is 0.0519 e. The molecule has 0 N–H and O–H groups in total. The third-order valence-electron chi connectivity index (χ3n) is 2.71. The van der Waals surface area contributed by atoms with Gasteiger partial charge in [0.05, 0.1) is 12.7 Å². The molecule has 0 amide bonds. The van der Waals surface area contributed by atoms with E-state index in [9.17, 15) is 0 Å². The fraction of sp³-hybridized carbons (Fsp3) is 1.00. The van der Waals surface area contributed by atoms with Crippen molar-refractivity contribution in [3.8, 4) is 0 Å². The van der Waals surface area contributed by atoms with Crippen molar-refractivity contribution >= 4 is 11.6 Å². The van der Waals surface area contributed by atoms with Crippen molar-refractivity contribution in [1.29, 1.82) is 0 Å². The molecule has 2 heteroatoms. The quantitative estimate of drug-likeness (QED) is 0.504. The molecule has 1 nitrogen and oxygen atoms in total. The fourth-order valence-electron chi connectivity index (χ4n) is 1.84. The Kier molecular flexibility index (Phi) is 5.12. The predicted octanol–water partition coefficient (Wildman–Crippen LogP) is 3.60. The molecule has 1 aliphatic carbocycles. The Hall–Kier alpha value is 0.250. The molecule has 0 heterocycles. The first kappa shape index (κ1) is 11.3. The van der Waals surface area contributed by atoms with Gasteiger partial charge in [0.2, 0.25) is 0 Å². The molecule has 0 aromatic heterocycles. The van der Waals surface area contributed by atoms with Gasteiger partial charge in [-0.25, -0.2) is 0 Å². The number of rotatable bonds is 3. The number of hydrogen-bond acceptors (Lipinski definition) is 1. The molecule has 0 aliphatic heterocycles. The molecule has 0 saturated heterocycles. The Labute approximate surface area is 86.8 Å². The van der Waals surface area contributed by atoms with Gasteiger partial charge in [0.15, 0.2) is 0 Å². The third kappa shape index (κ3) is 4.33. The molecule has 2 atom stereocenters. The van der Waals surface area contributed by atoms with Gasteiger partial charge < -0.3 is 4.74 Å². The normalized spacial score (nSPS) is 30.5. The summed E-state index contributed by atoms with van der Waals surface area (Å²) in [6.07, 6.45) is 6.74. The second-order valence-corrected chi connectivity index (χ2v) is 4.86. The van der Waals surface area contributed by atoms with Gasteiger partial charge in [-0.15, -0.1) is 11.6 Å². The van der Waals surface area contributed by atoms with Crippen molar-refractivity contribution in [1.82, 2.24) is 0 Å². The summed E-state index contributed by atoms with van der Waals surface area (Å²) in [4.78, 5) is 0. The van der Waals surface area contributed by atoms with Gasteiger partial charge in [0.1, 0.15) is 0 Å². The first-order valence-electron chi connectivity index (χ1n) is 5.46. The minimum atomic E-state index is 0.340. The zero-order valence-corrected chi connectivity index (χ0v) is 9.52. The van der Waals surface area contributed by atoms with E-state index in [1.165, 1.54) is 32.1 Å². The lowest BCUT2D eigenvalue weighted by molar-refractivity contribution is 0.0483. The van der Waals surface area contributed by atoms with E-state index in [1.54, 1.807) is 0 Å². The van der Waals surface area contributed by atoms with Crippen molar-refractivity contribution in [2.24, 2.45) is 5.92 Å². The Morgan fingerprint density at radius 2 is 1.92 bits per heavy atom. The van der Waals surface area contributed by atoms with Gasteiger partial charge in [-0.2, -0.15) is 0 Å². The average Bonchev–Trinajstić information content (AvgIpc) is 2.27. The highest BCUT2D eigenvalue weighted by molar-refractivity contribution is 6.20. The summed E-state index contributed by atoms with van der Waals surface area (Å²) in [5.41, 5.74) is 0. The molecular formula is C11H21ClO. The van der Waals surface area contributed by atoms with Crippen LogP contribution in [0.25, 0.3) is 0 Å². The zero-order chi connectivity index (χ0) is 9.68. The standard InChI is InChI=1S/C11H21ClO/c1-9(2)13-8-10-6-4-3-5-7-11(10)12/h9-11H,3-8H2,1-2H3. The van der Waals surface area contributed by atoms with Crippen molar-refractivity contribution in [2.75, 3.05) is 6.61 Å². The number of hydrogen-bond donors (Lipinski definition) is 0. The molecule has 1 saturated carbocycles. The lowest BCUT2D eigenvalue weighted by Crippen LogP contribution is -2.21. The number of halogens is 1. The minimum absolute atomic E-state index is 0.340. The molecule has 0 aromatic carbocycles. The van der Waals surface area contributed by atoms with Crippen LogP contribution >= 0.6 is 11.6 Å². The minimum Gasteiger partial charge on any atom is -0.378 e. The van der Waals surface area contributed by atoms with Crippen LogP contribution in [0.3, 0.4) is 0 Å². The molecule has 78 valence electrons. The van der Waals surface area contributed by atoms with Crippen LogP contribution in [0.1, 0.15) is 46.0 Å². The summed E-state index contributed by atoms with van der Waals surface area (Å²) in [6, 6.07) is 0. The van der Waals surface area contributed by atoms with Crippen LogP contribution in [0.15, 0.2) is 0 Å². The Balaban J connectivity index is 2.27. The molecule has 1 aliphatic rings. The molecule has 1 rings (SSSR count). The summed E-state index contributed by atoms with van der Waals surface area (Å²) in [6.45, 7) is 5.02. The molecule has 13 heavy (non-hydrogen) atoms. The van der Waals surface area contributed by atoms with Crippen LogP contribution in [0.2, 0.25) is 0 Å².